The highest BCUT2D eigenvalue weighted by Crippen LogP contribution is 1.93. The first-order valence-electron chi connectivity index (χ1n) is 2.35. The zero-order chi connectivity index (χ0) is 6.85. The van der Waals surface area contributed by atoms with Crippen LogP contribution in [-0.2, 0) is 4.79 Å². The van der Waals surface area contributed by atoms with E-state index >= 15 is 0 Å². The molecule has 1 aliphatic heterocycles. The lowest BCUT2D eigenvalue weighted by atomic mass is 10.4. The Labute approximate surface area is 57.1 Å². The average Bonchev–Trinajstić information content (AvgIpc) is 1.59. The Kier molecular flexibility index (Phi) is 1.44. The molecule has 1 rings (SSSR count). The first kappa shape index (κ1) is 6.15. The van der Waals surface area contributed by atoms with Gasteiger partial charge in [-0.25, -0.2) is 4.99 Å². The van der Waals surface area contributed by atoms with Crippen LogP contribution in [0.15, 0.2) is 4.99 Å². The molecule has 0 fully saturated rings. The fraction of sp³-hybridized carbons (Fsp3) is 0.250. The fourth-order valence-electron chi connectivity index (χ4n) is 0.526. The summed E-state index contributed by atoms with van der Waals surface area (Å²) < 4.78 is 0. The average molecular weight is 143 g/mol. The normalized spacial score (nSPS) is 18.9. The fourth-order valence-corrected chi connectivity index (χ4v) is 0.756. The highest BCUT2D eigenvalue weighted by atomic mass is 32.1. The van der Waals surface area contributed by atoms with Gasteiger partial charge in [0, 0.05) is 0 Å². The number of hydrogen-bond acceptors (Lipinski definition) is 3. The number of guanidine groups is 1. The summed E-state index contributed by atoms with van der Waals surface area (Å²) in [5, 5.41) is 2.31. The molecule has 1 aliphatic rings. The molecule has 0 bridgehead atoms. The van der Waals surface area contributed by atoms with Crippen molar-refractivity contribution >= 4 is 29.1 Å². The van der Waals surface area contributed by atoms with Crippen molar-refractivity contribution in [1.82, 2.24) is 5.32 Å². The van der Waals surface area contributed by atoms with Crippen LogP contribution in [0.2, 0.25) is 0 Å². The van der Waals surface area contributed by atoms with Gasteiger partial charge >= 0.3 is 0 Å². The minimum Gasteiger partial charge on any atom is -0.369 e. The third kappa shape index (κ3) is 1.46. The van der Waals surface area contributed by atoms with Crippen LogP contribution >= 0.6 is 12.2 Å². The number of nitrogens with two attached hydrogens (primary N) is 1. The molecular formula is C4H5N3OS. The van der Waals surface area contributed by atoms with Crippen LogP contribution in [0.4, 0.5) is 0 Å². The molecule has 0 saturated carbocycles. The Hall–Kier alpha value is -0.970. The molecule has 0 atom stereocenters. The van der Waals surface area contributed by atoms with E-state index in [4.69, 9.17) is 5.73 Å². The summed E-state index contributed by atoms with van der Waals surface area (Å²) in [7, 11) is 0. The maximum absolute atomic E-state index is 10.5. The molecule has 9 heavy (non-hydrogen) atoms. The van der Waals surface area contributed by atoms with Crippen LogP contribution in [-0.4, -0.2) is 16.9 Å². The van der Waals surface area contributed by atoms with Gasteiger partial charge in [-0.1, -0.05) is 12.2 Å². The van der Waals surface area contributed by atoms with Crippen molar-refractivity contribution in [2.24, 2.45) is 10.7 Å². The van der Waals surface area contributed by atoms with Gasteiger partial charge in [0.2, 0.25) is 11.9 Å². The number of hydrogen-bond donors (Lipinski definition) is 2. The Morgan fingerprint density at radius 2 is 2.44 bits per heavy atom. The lowest BCUT2D eigenvalue weighted by molar-refractivity contribution is -0.118. The SMILES string of the molecule is NC1=NC(=S)CC(=O)N1. The number of amides is 1. The molecule has 0 spiro atoms. The van der Waals surface area contributed by atoms with E-state index in [1.165, 1.54) is 0 Å². The summed E-state index contributed by atoms with van der Waals surface area (Å²) in [5.41, 5.74) is 5.15. The summed E-state index contributed by atoms with van der Waals surface area (Å²) in [6, 6.07) is 0. The second-order valence-electron chi connectivity index (χ2n) is 1.62. The molecule has 0 aromatic heterocycles. The first-order chi connectivity index (χ1) is 4.18. The zero-order valence-electron chi connectivity index (χ0n) is 4.55. The van der Waals surface area contributed by atoms with Crippen LogP contribution < -0.4 is 11.1 Å². The maximum atomic E-state index is 10.5. The van der Waals surface area contributed by atoms with E-state index in [9.17, 15) is 4.79 Å². The van der Waals surface area contributed by atoms with Crippen molar-refractivity contribution < 1.29 is 4.79 Å². The summed E-state index contributed by atoms with van der Waals surface area (Å²) in [6.45, 7) is 0. The van der Waals surface area contributed by atoms with E-state index in [0.29, 0.717) is 4.99 Å². The predicted molar refractivity (Wildman–Crippen MR) is 37.0 cm³/mol. The van der Waals surface area contributed by atoms with Gasteiger partial charge in [0.05, 0.1) is 6.42 Å². The van der Waals surface area contributed by atoms with Gasteiger partial charge in [0.25, 0.3) is 0 Å². The van der Waals surface area contributed by atoms with E-state index in [-0.39, 0.29) is 18.3 Å². The molecule has 0 unspecified atom stereocenters. The van der Waals surface area contributed by atoms with Gasteiger partial charge in [-0.2, -0.15) is 0 Å². The van der Waals surface area contributed by atoms with E-state index in [0.717, 1.165) is 0 Å². The van der Waals surface area contributed by atoms with Gasteiger partial charge in [-0.05, 0) is 0 Å². The first-order valence-corrected chi connectivity index (χ1v) is 2.76. The van der Waals surface area contributed by atoms with Crippen molar-refractivity contribution in [3.8, 4) is 0 Å². The standard InChI is InChI=1S/C4H5N3OS/c5-4-6-2(8)1-3(9)7-4/h1H2,(H3,5,6,7,8,9). The second-order valence-corrected chi connectivity index (χ2v) is 2.09. The van der Waals surface area contributed by atoms with Crippen LogP contribution in [0, 0.1) is 0 Å². The highest BCUT2D eigenvalue weighted by Gasteiger charge is 2.11. The summed E-state index contributed by atoms with van der Waals surface area (Å²) in [5.74, 6) is -0.0937. The molecule has 0 aromatic rings. The molecule has 1 heterocycles. The molecule has 5 heteroatoms. The van der Waals surface area contributed by atoms with E-state index in [1.54, 1.807) is 0 Å². The van der Waals surface area contributed by atoms with E-state index in [2.05, 4.69) is 22.5 Å². The molecular weight excluding hydrogens is 138 g/mol. The Bertz CT molecular complexity index is 198. The molecule has 4 nitrogen and oxygen atoms in total. The topological polar surface area (TPSA) is 67.5 Å². The van der Waals surface area contributed by atoms with Gasteiger partial charge < -0.3 is 5.73 Å². The van der Waals surface area contributed by atoms with Crippen molar-refractivity contribution in [3.05, 3.63) is 0 Å². The second kappa shape index (κ2) is 2.10. The Morgan fingerprint density at radius 1 is 1.78 bits per heavy atom. The van der Waals surface area contributed by atoms with Crippen molar-refractivity contribution in [1.29, 1.82) is 0 Å². The zero-order valence-corrected chi connectivity index (χ0v) is 5.36. The lowest BCUT2D eigenvalue weighted by Gasteiger charge is -2.08. The number of thiocarbonyl (C=S) groups is 1. The number of rotatable bonds is 0. The summed E-state index contributed by atoms with van der Waals surface area (Å²) in [6.07, 6.45) is 0.177. The third-order valence-electron chi connectivity index (χ3n) is 0.824. The van der Waals surface area contributed by atoms with Gasteiger partial charge in [-0.3, -0.25) is 10.1 Å². The minimum atomic E-state index is -0.187. The predicted octanol–water partition coefficient (Wildman–Crippen LogP) is -0.852. The Morgan fingerprint density at radius 3 is 2.89 bits per heavy atom. The van der Waals surface area contributed by atoms with Gasteiger partial charge in [-0.15, -0.1) is 0 Å². The maximum Gasteiger partial charge on any atom is 0.233 e. The number of nitrogens with one attached hydrogen (secondary N) is 1. The number of nitrogens with zero attached hydrogens (tertiary/aromatic N) is 1. The number of carbonyl (C=O) groups is 1. The van der Waals surface area contributed by atoms with Gasteiger partial charge in [0.15, 0.2) is 0 Å². The van der Waals surface area contributed by atoms with Crippen molar-refractivity contribution in [2.45, 2.75) is 6.42 Å². The molecule has 0 radical (unpaired) electrons. The largest absolute Gasteiger partial charge is 0.369 e. The van der Waals surface area contributed by atoms with Crippen molar-refractivity contribution in [2.75, 3.05) is 0 Å². The third-order valence-corrected chi connectivity index (χ3v) is 1.06. The molecule has 0 saturated heterocycles. The van der Waals surface area contributed by atoms with Crippen LogP contribution in [0.5, 0.6) is 0 Å². The Balaban J connectivity index is 2.79. The molecule has 1 amide bonds. The quantitative estimate of drug-likeness (QED) is 0.434. The lowest BCUT2D eigenvalue weighted by Crippen LogP contribution is -2.41. The van der Waals surface area contributed by atoms with Gasteiger partial charge in [0.1, 0.15) is 4.99 Å². The molecule has 3 N–H and O–H groups in total. The number of aliphatic imine (C=N–C) groups is 1. The van der Waals surface area contributed by atoms with Crippen LogP contribution in [0.3, 0.4) is 0 Å². The summed E-state index contributed by atoms with van der Waals surface area (Å²) in [4.78, 5) is 14.5. The van der Waals surface area contributed by atoms with Crippen LogP contribution in [0.25, 0.3) is 0 Å². The summed E-state index contributed by atoms with van der Waals surface area (Å²) >= 11 is 4.63. The van der Waals surface area contributed by atoms with E-state index in [1.807, 2.05) is 0 Å². The highest BCUT2D eigenvalue weighted by molar-refractivity contribution is 7.80. The van der Waals surface area contributed by atoms with Crippen LogP contribution in [0.1, 0.15) is 6.42 Å². The van der Waals surface area contributed by atoms with Crippen molar-refractivity contribution in [3.63, 3.8) is 0 Å². The molecule has 48 valence electrons. The molecule has 0 aromatic carbocycles. The molecule has 0 aliphatic carbocycles. The van der Waals surface area contributed by atoms with E-state index < -0.39 is 0 Å². The monoisotopic (exact) mass is 143 g/mol. The minimum absolute atomic E-state index is 0.0938. The number of carbonyl (C=O) groups excluding carboxylic acids is 1. The smallest absolute Gasteiger partial charge is 0.233 e.